The van der Waals surface area contributed by atoms with Gasteiger partial charge in [-0.25, -0.2) is 8.42 Å². The third kappa shape index (κ3) is 3.98. The fraction of sp³-hybridized carbons (Fsp3) is 0.611. The van der Waals surface area contributed by atoms with E-state index in [1.165, 1.54) is 4.31 Å². The molecule has 1 N–H and O–H groups in total. The molecule has 0 saturated carbocycles. The molecular weight excluding hydrogens is 324 g/mol. The zero-order valence-electron chi connectivity index (χ0n) is 15.1. The predicted octanol–water partition coefficient (Wildman–Crippen LogP) is 2.54. The first-order chi connectivity index (χ1) is 11.3. The smallest absolute Gasteiger partial charge is 0.243 e. The Labute approximate surface area is 145 Å². The summed E-state index contributed by atoms with van der Waals surface area (Å²) < 4.78 is 27.6. The van der Waals surface area contributed by atoms with Crippen molar-refractivity contribution in [2.75, 3.05) is 19.6 Å². The standard InChI is InChI=1S/C18H28N2O3S/c1-5-8-19-18(21)16-6-9-20(10-7-16)24(22,23)17-14(3)11-13(2)12-15(17)4/h11-12,16H,5-10H2,1-4H3,(H,19,21). The minimum absolute atomic E-state index is 0.0524. The summed E-state index contributed by atoms with van der Waals surface area (Å²) in [5.41, 5.74) is 2.64. The number of nitrogens with zero attached hydrogens (tertiary/aromatic N) is 1. The monoisotopic (exact) mass is 352 g/mol. The van der Waals surface area contributed by atoms with Crippen LogP contribution in [-0.4, -0.2) is 38.3 Å². The molecule has 1 saturated heterocycles. The van der Waals surface area contributed by atoms with Crippen LogP contribution in [0.1, 0.15) is 42.9 Å². The minimum atomic E-state index is -3.50. The number of piperidine rings is 1. The number of hydrogen-bond acceptors (Lipinski definition) is 3. The Hall–Kier alpha value is -1.40. The molecule has 0 radical (unpaired) electrons. The Morgan fingerprint density at radius 1 is 1.17 bits per heavy atom. The summed E-state index contributed by atoms with van der Waals surface area (Å²) in [7, 11) is -3.50. The fourth-order valence-corrected chi connectivity index (χ4v) is 5.33. The van der Waals surface area contributed by atoms with Gasteiger partial charge in [0.1, 0.15) is 0 Å². The maximum atomic E-state index is 13.0. The van der Waals surface area contributed by atoms with Crippen LogP contribution < -0.4 is 5.32 Å². The van der Waals surface area contributed by atoms with Crippen LogP contribution in [0.4, 0.5) is 0 Å². The highest BCUT2D eigenvalue weighted by atomic mass is 32.2. The van der Waals surface area contributed by atoms with Crippen molar-refractivity contribution in [1.82, 2.24) is 9.62 Å². The van der Waals surface area contributed by atoms with Gasteiger partial charge in [0.25, 0.3) is 0 Å². The highest BCUT2D eigenvalue weighted by molar-refractivity contribution is 7.89. The summed E-state index contributed by atoms with van der Waals surface area (Å²) >= 11 is 0. The molecule has 1 fully saturated rings. The van der Waals surface area contributed by atoms with Crippen LogP contribution in [0.15, 0.2) is 17.0 Å². The molecule has 1 aliphatic heterocycles. The summed E-state index contributed by atoms with van der Waals surface area (Å²) in [6.07, 6.45) is 2.07. The van der Waals surface area contributed by atoms with E-state index in [0.29, 0.717) is 37.4 Å². The molecule has 1 heterocycles. The van der Waals surface area contributed by atoms with Gasteiger partial charge in [0.2, 0.25) is 15.9 Å². The topological polar surface area (TPSA) is 66.5 Å². The van der Waals surface area contributed by atoms with Crippen LogP contribution in [0.2, 0.25) is 0 Å². The molecule has 0 unspecified atom stereocenters. The lowest BCUT2D eigenvalue weighted by Crippen LogP contribution is -2.43. The number of aryl methyl sites for hydroxylation is 3. The quantitative estimate of drug-likeness (QED) is 0.885. The number of carbonyl (C=O) groups excluding carboxylic acids is 1. The van der Waals surface area contributed by atoms with E-state index >= 15 is 0 Å². The lowest BCUT2D eigenvalue weighted by Gasteiger charge is -2.31. The summed E-state index contributed by atoms with van der Waals surface area (Å²) in [5, 5.41) is 2.90. The highest BCUT2D eigenvalue weighted by Gasteiger charge is 2.33. The molecule has 0 spiro atoms. The Bertz CT molecular complexity index is 682. The van der Waals surface area contributed by atoms with Crippen molar-refractivity contribution in [3.05, 3.63) is 28.8 Å². The van der Waals surface area contributed by atoms with Gasteiger partial charge in [-0.1, -0.05) is 24.6 Å². The second kappa shape index (κ2) is 7.66. The molecule has 1 aromatic carbocycles. The number of hydrogen-bond donors (Lipinski definition) is 1. The number of sulfonamides is 1. The maximum absolute atomic E-state index is 13.0. The van der Waals surface area contributed by atoms with E-state index in [4.69, 9.17) is 0 Å². The molecule has 1 aliphatic rings. The van der Waals surface area contributed by atoms with Gasteiger partial charge >= 0.3 is 0 Å². The lowest BCUT2D eigenvalue weighted by atomic mass is 9.97. The Balaban J connectivity index is 2.12. The zero-order chi connectivity index (χ0) is 17.9. The van der Waals surface area contributed by atoms with Crippen LogP contribution in [0.3, 0.4) is 0 Å². The zero-order valence-corrected chi connectivity index (χ0v) is 15.9. The van der Waals surface area contributed by atoms with Gasteiger partial charge in [-0.3, -0.25) is 4.79 Å². The van der Waals surface area contributed by atoms with E-state index in [-0.39, 0.29) is 11.8 Å². The second-order valence-corrected chi connectivity index (χ2v) is 8.57. The molecule has 1 aromatic rings. The van der Waals surface area contributed by atoms with Crippen LogP contribution in [0.25, 0.3) is 0 Å². The number of nitrogens with one attached hydrogen (secondary N) is 1. The molecule has 0 aliphatic carbocycles. The van der Waals surface area contributed by atoms with Crippen molar-refractivity contribution in [2.45, 2.75) is 51.9 Å². The summed E-state index contributed by atoms with van der Waals surface area (Å²) in [6, 6.07) is 3.82. The van der Waals surface area contributed by atoms with Gasteiger partial charge in [-0.05, 0) is 51.2 Å². The van der Waals surface area contributed by atoms with E-state index in [2.05, 4.69) is 5.32 Å². The van der Waals surface area contributed by atoms with E-state index in [1.54, 1.807) is 0 Å². The SMILES string of the molecule is CCCNC(=O)C1CCN(S(=O)(=O)c2c(C)cc(C)cc2C)CC1. The summed E-state index contributed by atoms with van der Waals surface area (Å²) in [4.78, 5) is 12.5. The van der Waals surface area contributed by atoms with Crippen molar-refractivity contribution in [3.63, 3.8) is 0 Å². The first kappa shape index (κ1) is 18.9. The van der Waals surface area contributed by atoms with Crippen molar-refractivity contribution < 1.29 is 13.2 Å². The van der Waals surface area contributed by atoms with Gasteiger partial charge < -0.3 is 5.32 Å². The van der Waals surface area contributed by atoms with Gasteiger partial charge in [0, 0.05) is 25.6 Å². The van der Waals surface area contributed by atoms with Gasteiger partial charge in [-0.2, -0.15) is 4.31 Å². The Kier molecular flexibility index (Phi) is 6.04. The molecule has 24 heavy (non-hydrogen) atoms. The number of carbonyl (C=O) groups is 1. The molecule has 134 valence electrons. The number of benzene rings is 1. The predicted molar refractivity (Wildman–Crippen MR) is 95.4 cm³/mol. The van der Waals surface area contributed by atoms with Crippen LogP contribution in [0.5, 0.6) is 0 Å². The van der Waals surface area contributed by atoms with E-state index in [0.717, 1.165) is 23.1 Å². The maximum Gasteiger partial charge on any atom is 0.243 e. The molecule has 1 amide bonds. The summed E-state index contributed by atoms with van der Waals surface area (Å²) in [6.45, 7) is 9.16. The van der Waals surface area contributed by atoms with Crippen molar-refractivity contribution in [3.8, 4) is 0 Å². The molecule has 2 rings (SSSR count). The van der Waals surface area contributed by atoms with E-state index in [1.807, 2.05) is 39.8 Å². The number of amides is 1. The second-order valence-electron chi connectivity index (χ2n) is 6.70. The highest BCUT2D eigenvalue weighted by Crippen LogP contribution is 2.28. The average Bonchev–Trinajstić information content (AvgIpc) is 2.51. The van der Waals surface area contributed by atoms with Crippen molar-refractivity contribution in [2.24, 2.45) is 5.92 Å². The molecular formula is C18H28N2O3S. The normalized spacial score (nSPS) is 17.0. The van der Waals surface area contributed by atoms with Crippen LogP contribution in [0, 0.1) is 26.7 Å². The van der Waals surface area contributed by atoms with E-state index < -0.39 is 10.0 Å². The minimum Gasteiger partial charge on any atom is -0.356 e. The molecule has 0 bridgehead atoms. The molecule has 0 atom stereocenters. The average molecular weight is 353 g/mol. The molecule has 6 heteroatoms. The third-order valence-electron chi connectivity index (χ3n) is 4.58. The van der Waals surface area contributed by atoms with Crippen LogP contribution in [-0.2, 0) is 14.8 Å². The van der Waals surface area contributed by atoms with Crippen molar-refractivity contribution >= 4 is 15.9 Å². The van der Waals surface area contributed by atoms with E-state index in [9.17, 15) is 13.2 Å². The Morgan fingerprint density at radius 2 is 1.71 bits per heavy atom. The number of rotatable bonds is 5. The molecule has 0 aromatic heterocycles. The first-order valence-corrected chi connectivity index (χ1v) is 10.1. The van der Waals surface area contributed by atoms with Gasteiger partial charge in [0.15, 0.2) is 0 Å². The largest absolute Gasteiger partial charge is 0.356 e. The lowest BCUT2D eigenvalue weighted by molar-refractivity contribution is -0.126. The van der Waals surface area contributed by atoms with Gasteiger partial charge in [0.05, 0.1) is 4.90 Å². The van der Waals surface area contributed by atoms with Crippen molar-refractivity contribution in [1.29, 1.82) is 0 Å². The third-order valence-corrected chi connectivity index (χ3v) is 6.78. The van der Waals surface area contributed by atoms with Gasteiger partial charge in [-0.15, -0.1) is 0 Å². The summed E-state index contributed by atoms with van der Waals surface area (Å²) in [5.74, 6) is -0.0280. The Morgan fingerprint density at radius 3 is 2.21 bits per heavy atom. The van der Waals surface area contributed by atoms with Crippen LogP contribution >= 0.6 is 0 Å². The molecule has 5 nitrogen and oxygen atoms in total. The fourth-order valence-electron chi connectivity index (χ4n) is 3.45. The first-order valence-electron chi connectivity index (χ1n) is 8.63.